The van der Waals surface area contributed by atoms with Gasteiger partial charge in [-0.15, -0.1) is 11.3 Å². The van der Waals surface area contributed by atoms with E-state index in [2.05, 4.69) is 16.0 Å². The molecule has 4 aliphatic rings. The van der Waals surface area contributed by atoms with Crippen molar-refractivity contribution in [3.63, 3.8) is 0 Å². The van der Waals surface area contributed by atoms with Crippen molar-refractivity contribution in [1.29, 1.82) is 0 Å². The summed E-state index contributed by atoms with van der Waals surface area (Å²) in [6.07, 6.45) is 9.43. The normalized spacial score (nSPS) is 26.2. The molecule has 0 spiro atoms. The van der Waals surface area contributed by atoms with E-state index in [1.54, 1.807) is 0 Å². The van der Waals surface area contributed by atoms with E-state index in [0.29, 0.717) is 10.5 Å². The molecule has 0 radical (unpaired) electrons. The van der Waals surface area contributed by atoms with Crippen molar-refractivity contribution >= 4 is 28.3 Å². The molecule has 2 aromatic carbocycles. The predicted molar refractivity (Wildman–Crippen MR) is 143 cm³/mol. The zero-order valence-electron chi connectivity index (χ0n) is 20.5. The van der Waals surface area contributed by atoms with Crippen LogP contribution < -0.4 is 10.6 Å². The highest BCUT2D eigenvalue weighted by Crippen LogP contribution is 2.61. The Bertz CT molecular complexity index is 1150. The highest BCUT2D eigenvalue weighted by Gasteiger charge is 2.50. The first-order chi connectivity index (χ1) is 17.6. The van der Waals surface area contributed by atoms with Crippen LogP contribution in [0.3, 0.4) is 0 Å². The molecular formula is C30H33N3O2S. The Morgan fingerprint density at radius 1 is 0.889 bits per heavy atom. The highest BCUT2D eigenvalue weighted by molar-refractivity contribution is 7.13. The molecule has 0 saturated heterocycles. The largest absolute Gasteiger partial charge is 0.346 e. The number of thiazole rings is 1. The van der Waals surface area contributed by atoms with Crippen LogP contribution in [0.2, 0.25) is 0 Å². The average molecular weight is 500 g/mol. The zero-order valence-corrected chi connectivity index (χ0v) is 21.3. The Hall–Kier alpha value is -2.99. The second kappa shape index (κ2) is 9.81. The van der Waals surface area contributed by atoms with Crippen LogP contribution in [0.4, 0.5) is 5.13 Å². The molecule has 1 heterocycles. The van der Waals surface area contributed by atoms with Crippen molar-refractivity contribution in [2.75, 3.05) is 11.9 Å². The van der Waals surface area contributed by atoms with Crippen LogP contribution in [-0.4, -0.2) is 23.3 Å². The molecular weight excluding hydrogens is 466 g/mol. The fourth-order valence-corrected chi connectivity index (χ4v) is 8.28. The molecule has 186 valence electrons. The number of carbonyl (C=O) groups is 2. The van der Waals surface area contributed by atoms with E-state index in [4.69, 9.17) is 4.98 Å². The Kier molecular flexibility index (Phi) is 6.38. The molecule has 4 aliphatic carbocycles. The van der Waals surface area contributed by atoms with E-state index >= 15 is 0 Å². The molecule has 6 heteroatoms. The van der Waals surface area contributed by atoms with Crippen LogP contribution in [0.15, 0.2) is 66.0 Å². The molecule has 4 fully saturated rings. The van der Waals surface area contributed by atoms with E-state index in [-0.39, 0.29) is 18.4 Å². The summed E-state index contributed by atoms with van der Waals surface area (Å²) in [4.78, 5) is 30.6. The number of benzene rings is 2. The number of nitrogens with one attached hydrogen (secondary N) is 2. The fourth-order valence-electron chi connectivity index (χ4n) is 7.56. The van der Waals surface area contributed by atoms with Crippen LogP contribution in [0.1, 0.15) is 61.3 Å². The molecule has 4 saturated carbocycles. The van der Waals surface area contributed by atoms with E-state index in [9.17, 15) is 9.59 Å². The van der Waals surface area contributed by atoms with E-state index in [0.717, 1.165) is 41.0 Å². The Labute approximate surface area is 216 Å². The van der Waals surface area contributed by atoms with Gasteiger partial charge in [-0.2, -0.15) is 0 Å². The summed E-state index contributed by atoms with van der Waals surface area (Å²) < 4.78 is 0. The summed E-state index contributed by atoms with van der Waals surface area (Å²) in [6.45, 7) is -0.0844. The lowest BCUT2D eigenvalue weighted by Crippen LogP contribution is -2.47. The average Bonchev–Trinajstić information content (AvgIpc) is 3.29. The number of carbonyl (C=O) groups excluding carboxylic acids is 2. The van der Waals surface area contributed by atoms with Gasteiger partial charge < -0.3 is 10.6 Å². The fraction of sp³-hybridized carbons (Fsp3) is 0.433. The van der Waals surface area contributed by atoms with Crippen molar-refractivity contribution in [2.45, 2.75) is 50.9 Å². The van der Waals surface area contributed by atoms with Crippen molar-refractivity contribution in [1.82, 2.24) is 10.3 Å². The summed E-state index contributed by atoms with van der Waals surface area (Å²) in [5.74, 6) is 1.87. The van der Waals surface area contributed by atoms with Gasteiger partial charge in [0.2, 0.25) is 11.8 Å². The standard InChI is InChI=1S/C30H33N3O2S/c34-26(18-31-28(35)27(23-7-3-1-4-8-23)24-9-5-2-6-10-24)33-29-32-25(19-36-29)17-30-14-20-11-21(15-30)13-22(12-20)16-30/h1-10,19-22,27H,11-18H2,(H,31,35)(H,32,33,34). The maximum atomic E-state index is 13.2. The Morgan fingerprint density at radius 2 is 1.44 bits per heavy atom. The third-order valence-electron chi connectivity index (χ3n) is 8.47. The summed E-state index contributed by atoms with van der Waals surface area (Å²) in [5.41, 5.74) is 3.34. The number of anilines is 1. The number of hydrogen-bond donors (Lipinski definition) is 2. The van der Waals surface area contributed by atoms with Gasteiger partial charge in [-0.05, 0) is 79.2 Å². The first kappa shape index (κ1) is 23.4. The molecule has 1 aromatic heterocycles. The van der Waals surface area contributed by atoms with Gasteiger partial charge in [0.05, 0.1) is 18.2 Å². The second-order valence-electron chi connectivity index (χ2n) is 11.3. The third-order valence-corrected chi connectivity index (χ3v) is 9.28. The van der Waals surface area contributed by atoms with Gasteiger partial charge in [0.25, 0.3) is 0 Å². The first-order valence-electron chi connectivity index (χ1n) is 13.2. The number of aromatic nitrogens is 1. The van der Waals surface area contributed by atoms with Gasteiger partial charge in [-0.25, -0.2) is 4.98 Å². The molecule has 0 aliphatic heterocycles. The molecule has 2 N–H and O–H groups in total. The van der Waals surface area contributed by atoms with E-state index in [1.165, 1.54) is 49.9 Å². The third kappa shape index (κ3) is 4.96. The molecule has 2 amide bonds. The van der Waals surface area contributed by atoms with E-state index < -0.39 is 5.92 Å². The van der Waals surface area contributed by atoms with Crippen LogP contribution in [-0.2, 0) is 16.0 Å². The Balaban J connectivity index is 1.06. The van der Waals surface area contributed by atoms with Crippen molar-refractivity contribution in [3.8, 4) is 0 Å². The minimum absolute atomic E-state index is 0.0844. The summed E-state index contributed by atoms with van der Waals surface area (Å²) in [7, 11) is 0. The number of hydrogen-bond acceptors (Lipinski definition) is 4. The zero-order chi connectivity index (χ0) is 24.5. The monoisotopic (exact) mass is 499 g/mol. The predicted octanol–water partition coefficient (Wildman–Crippen LogP) is 5.79. The van der Waals surface area contributed by atoms with Crippen LogP contribution >= 0.6 is 11.3 Å². The summed E-state index contributed by atoms with van der Waals surface area (Å²) in [5, 5.41) is 8.46. The minimum atomic E-state index is -0.466. The number of nitrogens with zero attached hydrogens (tertiary/aromatic N) is 1. The lowest BCUT2D eigenvalue weighted by Gasteiger charge is -2.56. The van der Waals surface area contributed by atoms with Crippen LogP contribution in [0.25, 0.3) is 0 Å². The lowest BCUT2D eigenvalue weighted by atomic mass is 9.48. The van der Waals surface area contributed by atoms with Gasteiger partial charge in [-0.3, -0.25) is 9.59 Å². The molecule has 5 nitrogen and oxygen atoms in total. The summed E-state index contributed by atoms with van der Waals surface area (Å²) >= 11 is 1.49. The number of rotatable bonds is 8. The van der Waals surface area contributed by atoms with Crippen molar-refractivity contribution < 1.29 is 9.59 Å². The highest BCUT2D eigenvalue weighted by atomic mass is 32.1. The molecule has 4 bridgehead atoms. The van der Waals surface area contributed by atoms with Crippen LogP contribution in [0.5, 0.6) is 0 Å². The maximum absolute atomic E-state index is 13.2. The number of amides is 2. The van der Waals surface area contributed by atoms with Gasteiger partial charge in [0.15, 0.2) is 5.13 Å². The van der Waals surface area contributed by atoms with Crippen molar-refractivity contribution in [2.24, 2.45) is 23.2 Å². The molecule has 7 rings (SSSR count). The molecule has 36 heavy (non-hydrogen) atoms. The lowest BCUT2D eigenvalue weighted by molar-refractivity contribution is -0.124. The maximum Gasteiger partial charge on any atom is 0.245 e. The first-order valence-corrected chi connectivity index (χ1v) is 14.1. The minimum Gasteiger partial charge on any atom is -0.346 e. The van der Waals surface area contributed by atoms with Gasteiger partial charge >= 0.3 is 0 Å². The van der Waals surface area contributed by atoms with Gasteiger partial charge in [0.1, 0.15) is 0 Å². The van der Waals surface area contributed by atoms with E-state index in [1.807, 2.05) is 60.7 Å². The van der Waals surface area contributed by atoms with Gasteiger partial charge in [0, 0.05) is 5.38 Å². The van der Waals surface area contributed by atoms with Crippen LogP contribution in [0, 0.1) is 23.2 Å². The second-order valence-corrected chi connectivity index (χ2v) is 12.1. The smallest absolute Gasteiger partial charge is 0.245 e. The topological polar surface area (TPSA) is 71.1 Å². The van der Waals surface area contributed by atoms with Gasteiger partial charge in [-0.1, -0.05) is 60.7 Å². The summed E-state index contributed by atoms with van der Waals surface area (Å²) in [6, 6.07) is 19.3. The molecule has 3 aromatic rings. The molecule has 0 unspecified atom stereocenters. The Morgan fingerprint density at radius 3 is 2.00 bits per heavy atom. The SMILES string of the molecule is O=C(CNC(=O)C(c1ccccc1)c1ccccc1)Nc1nc(CC23CC4CC(CC(C4)C2)C3)cs1. The molecule has 0 atom stereocenters. The quantitative estimate of drug-likeness (QED) is 0.412. The van der Waals surface area contributed by atoms with Crippen molar-refractivity contribution in [3.05, 3.63) is 82.9 Å².